The summed E-state index contributed by atoms with van der Waals surface area (Å²) < 4.78 is 57.0. The lowest BCUT2D eigenvalue weighted by atomic mass is 10.0. The van der Waals surface area contributed by atoms with E-state index in [0.717, 1.165) is 0 Å². The third kappa shape index (κ3) is 10.3. The number of amides is 2. The van der Waals surface area contributed by atoms with Crippen molar-refractivity contribution < 1.29 is 31.9 Å². The molecule has 0 fully saturated rings. The topological polar surface area (TPSA) is 159 Å². The van der Waals surface area contributed by atoms with Crippen LogP contribution in [0, 0.1) is 10.8 Å². The summed E-state index contributed by atoms with van der Waals surface area (Å²) in [7, 11) is 1.44. The van der Waals surface area contributed by atoms with Crippen LogP contribution in [-0.2, 0) is 17.8 Å². The molecule has 0 spiro atoms. The SMILES string of the molecule is CNC(=O)c1cn(C[C@@H](F)CCC(=N)/C=C\C(=N)NC(=O)Cc2cc(-c3cccc(OC(F)(F)F)c3)ccn2)nn1. The number of ether oxygens (including phenoxy) is 1. The lowest BCUT2D eigenvalue weighted by Gasteiger charge is -2.10. The molecule has 15 heteroatoms. The second-order valence-electron chi connectivity index (χ2n) is 8.65. The number of allylic oxidation sites excluding steroid dienone is 1. The lowest BCUT2D eigenvalue weighted by molar-refractivity contribution is -0.274. The predicted molar refractivity (Wildman–Crippen MR) is 140 cm³/mol. The van der Waals surface area contributed by atoms with Crippen molar-refractivity contribution >= 4 is 23.4 Å². The van der Waals surface area contributed by atoms with Gasteiger partial charge in [0.1, 0.15) is 17.8 Å². The number of rotatable bonds is 12. The van der Waals surface area contributed by atoms with E-state index in [1.807, 2.05) is 0 Å². The molecule has 0 aliphatic heterocycles. The maximum absolute atomic E-state index is 14.3. The Balaban J connectivity index is 1.46. The Morgan fingerprint density at radius 3 is 2.63 bits per heavy atom. The summed E-state index contributed by atoms with van der Waals surface area (Å²) in [5.41, 5.74) is 1.35. The molecule has 0 aliphatic rings. The molecule has 0 saturated carbocycles. The highest BCUT2D eigenvalue weighted by Crippen LogP contribution is 2.28. The molecule has 3 rings (SSSR count). The maximum atomic E-state index is 14.3. The number of hydrogen-bond acceptors (Lipinski definition) is 8. The number of pyridine rings is 1. The number of nitrogens with one attached hydrogen (secondary N) is 4. The van der Waals surface area contributed by atoms with E-state index in [0.29, 0.717) is 16.8 Å². The summed E-state index contributed by atoms with van der Waals surface area (Å²) in [4.78, 5) is 27.9. The number of hydrogen-bond donors (Lipinski definition) is 4. The van der Waals surface area contributed by atoms with Crippen LogP contribution in [0.4, 0.5) is 17.6 Å². The summed E-state index contributed by atoms with van der Waals surface area (Å²) in [6.07, 6.45) is -1.17. The molecule has 4 N–H and O–H groups in total. The number of nitrogens with zero attached hydrogens (tertiary/aromatic N) is 4. The minimum atomic E-state index is -4.83. The molecule has 0 unspecified atom stereocenters. The second-order valence-corrected chi connectivity index (χ2v) is 8.65. The highest BCUT2D eigenvalue weighted by molar-refractivity contribution is 6.06. The average molecular weight is 575 g/mol. The van der Waals surface area contributed by atoms with Crippen LogP contribution in [-0.4, -0.2) is 62.9 Å². The van der Waals surface area contributed by atoms with Gasteiger partial charge in [-0.15, -0.1) is 18.3 Å². The standard InChI is InChI=1S/C26H26F4N8O3/c1-33-25(40)22-15-38(37-36-22)14-18(27)5-6-19(31)7-8-23(32)35-24(39)13-20-11-17(9-10-34-20)16-3-2-4-21(12-16)41-26(28,29)30/h2-4,7-12,15,18,31H,5-6,13-14H2,1H3,(H,33,40)(H2,32,35,39)/b8-7-,31-19?/t18-/m0/s1. The minimum Gasteiger partial charge on any atom is -0.406 e. The predicted octanol–water partition coefficient (Wildman–Crippen LogP) is 3.63. The molecule has 1 atom stereocenters. The fraction of sp³-hybridized carbons (Fsp3) is 0.269. The second kappa shape index (κ2) is 13.9. The van der Waals surface area contributed by atoms with Gasteiger partial charge in [0.05, 0.1) is 24.9 Å². The van der Waals surface area contributed by atoms with Gasteiger partial charge in [0.25, 0.3) is 5.91 Å². The number of alkyl halides is 4. The first kappa shape index (κ1) is 30.6. The highest BCUT2D eigenvalue weighted by Gasteiger charge is 2.31. The van der Waals surface area contributed by atoms with Crippen LogP contribution in [0.3, 0.4) is 0 Å². The summed E-state index contributed by atoms with van der Waals surface area (Å²) in [5.74, 6) is -1.69. The van der Waals surface area contributed by atoms with Crippen molar-refractivity contribution in [2.24, 2.45) is 0 Å². The molecule has 2 aromatic heterocycles. The Hall–Kier alpha value is -4.95. The third-order valence-corrected chi connectivity index (χ3v) is 5.39. The van der Waals surface area contributed by atoms with E-state index >= 15 is 0 Å². The molecule has 0 bridgehead atoms. The zero-order valence-electron chi connectivity index (χ0n) is 21.7. The quantitative estimate of drug-likeness (QED) is 0.147. The van der Waals surface area contributed by atoms with E-state index in [9.17, 15) is 27.2 Å². The lowest BCUT2D eigenvalue weighted by Crippen LogP contribution is -2.30. The highest BCUT2D eigenvalue weighted by atomic mass is 19.4. The van der Waals surface area contributed by atoms with Gasteiger partial charge in [-0.25, -0.2) is 9.07 Å². The van der Waals surface area contributed by atoms with E-state index < -0.39 is 24.3 Å². The Bertz CT molecular complexity index is 1440. The molecular formula is C26H26F4N8O3. The van der Waals surface area contributed by atoms with Crippen LogP contribution in [0.15, 0.2) is 60.9 Å². The Morgan fingerprint density at radius 2 is 1.90 bits per heavy atom. The number of aromatic nitrogens is 4. The first-order valence-electron chi connectivity index (χ1n) is 12.1. The van der Waals surface area contributed by atoms with Crippen molar-refractivity contribution in [2.45, 2.75) is 38.3 Å². The van der Waals surface area contributed by atoms with Crippen LogP contribution in [0.2, 0.25) is 0 Å². The number of carbonyl (C=O) groups excluding carboxylic acids is 2. The monoisotopic (exact) mass is 574 g/mol. The van der Waals surface area contributed by atoms with Gasteiger partial charge in [-0.3, -0.25) is 20.0 Å². The van der Waals surface area contributed by atoms with E-state index in [1.54, 1.807) is 12.1 Å². The van der Waals surface area contributed by atoms with Gasteiger partial charge in [-0.2, -0.15) is 0 Å². The Kier molecular flexibility index (Phi) is 10.4. The zero-order valence-corrected chi connectivity index (χ0v) is 21.7. The molecule has 11 nitrogen and oxygen atoms in total. The van der Waals surface area contributed by atoms with Crippen molar-refractivity contribution in [3.63, 3.8) is 0 Å². The smallest absolute Gasteiger partial charge is 0.406 e. The van der Waals surface area contributed by atoms with Crippen molar-refractivity contribution in [1.82, 2.24) is 30.6 Å². The van der Waals surface area contributed by atoms with Crippen molar-refractivity contribution in [3.8, 4) is 16.9 Å². The summed E-state index contributed by atoms with van der Waals surface area (Å²) in [6, 6.07) is 8.48. The van der Waals surface area contributed by atoms with E-state index in [1.165, 1.54) is 60.5 Å². The van der Waals surface area contributed by atoms with E-state index in [2.05, 4.69) is 30.7 Å². The molecule has 3 aromatic rings. The van der Waals surface area contributed by atoms with Gasteiger partial charge in [0, 0.05) is 19.0 Å². The Labute approximate surface area is 231 Å². The van der Waals surface area contributed by atoms with Crippen molar-refractivity contribution in [1.29, 1.82) is 10.8 Å². The molecule has 2 amide bonds. The molecule has 1 aromatic carbocycles. The van der Waals surface area contributed by atoms with Crippen molar-refractivity contribution in [2.75, 3.05) is 7.05 Å². The number of benzene rings is 1. The van der Waals surface area contributed by atoms with Crippen LogP contribution < -0.4 is 15.4 Å². The van der Waals surface area contributed by atoms with Crippen molar-refractivity contribution in [3.05, 3.63) is 72.3 Å². The first-order chi connectivity index (χ1) is 19.4. The summed E-state index contributed by atoms with van der Waals surface area (Å²) >= 11 is 0. The number of amidine groups is 1. The minimum absolute atomic E-state index is 0.00865. The normalized spacial score (nSPS) is 12.1. The van der Waals surface area contributed by atoms with Gasteiger partial charge in [-0.05, 0) is 60.4 Å². The maximum Gasteiger partial charge on any atom is 0.573 e. The summed E-state index contributed by atoms with van der Waals surface area (Å²) in [5, 5.41) is 27.9. The first-order valence-corrected chi connectivity index (χ1v) is 12.1. The fourth-order valence-corrected chi connectivity index (χ4v) is 3.52. The molecule has 216 valence electrons. The van der Waals surface area contributed by atoms with Gasteiger partial charge < -0.3 is 20.8 Å². The van der Waals surface area contributed by atoms with Crippen LogP contribution in [0.1, 0.15) is 29.0 Å². The molecule has 2 heterocycles. The Morgan fingerprint density at radius 1 is 1.15 bits per heavy atom. The molecular weight excluding hydrogens is 548 g/mol. The molecule has 0 saturated heterocycles. The average Bonchev–Trinajstić information content (AvgIpc) is 3.38. The van der Waals surface area contributed by atoms with E-state index in [-0.39, 0.29) is 48.8 Å². The zero-order chi connectivity index (χ0) is 30.0. The largest absolute Gasteiger partial charge is 0.573 e. The summed E-state index contributed by atoms with van der Waals surface area (Å²) in [6.45, 7) is -0.144. The van der Waals surface area contributed by atoms with Gasteiger partial charge in [0.15, 0.2) is 5.69 Å². The number of halogens is 4. The molecule has 0 radical (unpaired) electrons. The van der Waals surface area contributed by atoms with Crippen LogP contribution >= 0.6 is 0 Å². The van der Waals surface area contributed by atoms with Gasteiger partial charge in [-0.1, -0.05) is 17.3 Å². The van der Waals surface area contributed by atoms with Crippen LogP contribution in [0.5, 0.6) is 5.75 Å². The molecule has 41 heavy (non-hydrogen) atoms. The van der Waals surface area contributed by atoms with Crippen LogP contribution in [0.25, 0.3) is 11.1 Å². The molecule has 0 aliphatic carbocycles. The number of carbonyl (C=O) groups is 2. The van der Waals surface area contributed by atoms with Gasteiger partial charge in [0.2, 0.25) is 5.91 Å². The third-order valence-electron chi connectivity index (χ3n) is 5.39. The van der Waals surface area contributed by atoms with E-state index in [4.69, 9.17) is 10.8 Å². The fourth-order valence-electron chi connectivity index (χ4n) is 3.52. The van der Waals surface area contributed by atoms with Gasteiger partial charge >= 0.3 is 6.36 Å².